The molecule has 4 rings (SSSR count). The second kappa shape index (κ2) is 6.23. The molecule has 0 radical (unpaired) electrons. The summed E-state index contributed by atoms with van der Waals surface area (Å²) in [4.78, 5) is 33.2. The van der Waals surface area contributed by atoms with Gasteiger partial charge in [-0.25, -0.2) is 0 Å². The van der Waals surface area contributed by atoms with Crippen molar-refractivity contribution in [2.45, 2.75) is 37.6 Å². The molecule has 0 saturated carbocycles. The van der Waals surface area contributed by atoms with Crippen molar-refractivity contribution in [3.05, 3.63) is 47.6 Å². The molecule has 1 atom stereocenters. The van der Waals surface area contributed by atoms with Gasteiger partial charge in [0, 0.05) is 44.1 Å². The zero-order valence-corrected chi connectivity index (χ0v) is 15.0. The number of aromatic nitrogens is 2. The number of likely N-dealkylation sites (tertiary alicyclic amines) is 2. The van der Waals surface area contributed by atoms with Gasteiger partial charge < -0.3 is 14.3 Å². The van der Waals surface area contributed by atoms with Crippen molar-refractivity contribution in [3.63, 3.8) is 0 Å². The molecule has 1 spiro atoms. The lowest BCUT2D eigenvalue weighted by atomic mass is 9.81. The highest BCUT2D eigenvalue weighted by Gasteiger charge is 2.51. The number of amides is 2. The molecule has 136 valence electrons. The lowest BCUT2D eigenvalue weighted by Crippen LogP contribution is -2.52. The van der Waals surface area contributed by atoms with E-state index >= 15 is 0 Å². The summed E-state index contributed by atoms with van der Waals surface area (Å²) in [6.07, 6.45) is 5.82. The maximum atomic E-state index is 12.8. The number of piperidine rings is 1. The van der Waals surface area contributed by atoms with E-state index in [-0.39, 0.29) is 23.3 Å². The number of aryl methyl sites for hydroxylation is 1. The topological polar surface area (TPSA) is 79.5 Å². The van der Waals surface area contributed by atoms with E-state index in [1.165, 1.54) is 0 Å². The van der Waals surface area contributed by atoms with Crippen LogP contribution in [0, 0.1) is 6.92 Å². The second-order valence-corrected chi connectivity index (χ2v) is 7.28. The summed E-state index contributed by atoms with van der Waals surface area (Å²) in [6.45, 7) is 3.00. The summed E-state index contributed by atoms with van der Waals surface area (Å²) in [7, 11) is 1.89. The molecular weight excluding hydrogens is 332 g/mol. The monoisotopic (exact) mass is 354 g/mol. The van der Waals surface area contributed by atoms with Crippen LogP contribution in [-0.2, 0) is 4.79 Å². The third-order valence-corrected chi connectivity index (χ3v) is 5.84. The Bertz CT molecular complexity index is 824. The number of hydrogen-bond donors (Lipinski definition) is 0. The smallest absolute Gasteiger partial charge is 0.276 e. The maximum Gasteiger partial charge on any atom is 0.276 e. The Kier molecular flexibility index (Phi) is 4.01. The first-order valence-electron chi connectivity index (χ1n) is 8.90. The predicted molar refractivity (Wildman–Crippen MR) is 93.5 cm³/mol. The molecule has 4 heterocycles. The van der Waals surface area contributed by atoms with E-state index in [2.05, 4.69) is 10.1 Å². The largest absolute Gasteiger partial charge is 0.361 e. The Morgan fingerprint density at radius 1 is 1.35 bits per heavy atom. The summed E-state index contributed by atoms with van der Waals surface area (Å²) in [5.74, 6) is 0.522. The molecule has 0 bridgehead atoms. The SMILES string of the molecule is Cc1cc(C(=O)N2CCC3(CC2)C[C@@H](c2cccnc2)C(=O)N3C)no1. The van der Waals surface area contributed by atoms with Gasteiger partial charge in [0.25, 0.3) is 5.91 Å². The van der Waals surface area contributed by atoms with Gasteiger partial charge in [0.2, 0.25) is 5.91 Å². The molecule has 2 aliphatic heterocycles. The van der Waals surface area contributed by atoms with Crippen LogP contribution < -0.4 is 0 Å². The number of carbonyl (C=O) groups excluding carboxylic acids is 2. The molecule has 2 fully saturated rings. The molecule has 26 heavy (non-hydrogen) atoms. The highest BCUT2D eigenvalue weighted by atomic mass is 16.5. The molecular formula is C19H22N4O3. The van der Waals surface area contributed by atoms with E-state index in [9.17, 15) is 9.59 Å². The third kappa shape index (κ3) is 2.67. The van der Waals surface area contributed by atoms with Crippen molar-refractivity contribution in [1.82, 2.24) is 19.9 Å². The number of carbonyl (C=O) groups is 2. The summed E-state index contributed by atoms with van der Waals surface area (Å²) in [6, 6.07) is 5.50. The lowest BCUT2D eigenvalue weighted by Gasteiger charge is -2.43. The van der Waals surface area contributed by atoms with Crippen LogP contribution in [-0.4, -0.2) is 57.4 Å². The van der Waals surface area contributed by atoms with Gasteiger partial charge in [-0.15, -0.1) is 0 Å². The zero-order chi connectivity index (χ0) is 18.3. The quantitative estimate of drug-likeness (QED) is 0.824. The first-order chi connectivity index (χ1) is 12.5. The van der Waals surface area contributed by atoms with Crippen LogP contribution in [0.4, 0.5) is 0 Å². The van der Waals surface area contributed by atoms with E-state index in [4.69, 9.17) is 4.52 Å². The summed E-state index contributed by atoms with van der Waals surface area (Å²) in [5, 5.41) is 3.82. The maximum absolute atomic E-state index is 12.8. The molecule has 2 amide bonds. The van der Waals surface area contributed by atoms with Crippen LogP contribution in [0.15, 0.2) is 35.1 Å². The van der Waals surface area contributed by atoms with Crippen molar-refractivity contribution in [1.29, 1.82) is 0 Å². The van der Waals surface area contributed by atoms with Crippen molar-refractivity contribution < 1.29 is 14.1 Å². The van der Waals surface area contributed by atoms with Crippen LogP contribution in [0.2, 0.25) is 0 Å². The van der Waals surface area contributed by atoms with Crippen molar-refractivity contribution in [2.24, 2.45) is 0 Å². The molecule has 0 unspecified atom stereocenters. The Balaban J connectivity index is 1.48. The number of rotatable bonds is 2. The highest BCUT2D eigenvalue weighted by molar-refractivity contribution is 5.92. The van der Waals surface area contributed by atoms with E-state index in [1.54, 1.807) is 30.3 Å². The fraction of sp³-hybridized carbons (Fsp3) is 0.474. The minimum atomic E-state index is -0.186. The minimum Gasteiger partial charge on any atom is -0.361 e. The summed E-state index contributed by atoms with van der Waals surface area (Å²) >= 11 is 0. The number of likely N-dealkylation sites (N-methyl/N-ethyl adjacent to an activating group) is 1. The van der Waals surface area contributed by atoms with Gasteiger partial charge in [0.05, 0.1) is 5.92 Å². The Morgan fingerprint density at radius 3 is 2.73 bits per heavy atom. The number of nitrogens with zero attached hydrogens (tertiary/aromatic N) is 4. The number of hydrogen-bond acceptors (Lipinski definition) is 5. The van der Waals surface area contributed by atoms with Gasteiger partial charge in [-0.2, -0.15) is 0 Å². The van der Waals surface area contributed by atoms with Gasteiger partial charge in [-0.3, -0.25) is 14.6 Å². The van der Waals surface area contributed by atoms with E-state index in [0.29, 0.717) is 24.5 Å². The van der Waals surface area contributed by atoms with Gasteiger partial charge in [0.1, 0.15) is 5.76 Å². The van der Waals surface area contributed by atoms with Crippen LogP contribution in [0.25, 0.3) is 0 Å². The van der Waals surface area contributed by atoms with Gasteiger partial charge in [0.15, 0.2) is 5.69 Å². The normalized spacial score (nSPS) is 22.2. The summed E-state index contributed by atoms with van der Waals surface area (Å²) in [5.41, 5.74) is 1.13. The minimum absolute atomic E-state index is 0.104. The standard InChI is InChI=1S/C19H22N4O3/c1-13-10-16(21-26-13)18(25)23-8-5-19(6-9-23)11-15(17(24)22(19)2)14-4-3-7-20-12-14/h3-4,7,10,12,15H,5-6,8-9,11H2,1-2H3/t15-/m0/s1. The number of pyridine rings is 1. The molecule has 2 aromatic heterocycles. The van der Waals surface area contributed by atoms with Crippen LogP contribution in [0.1, 0.15) is 47.0 Å². The van der Waals surface area contributed by atoms with Crippen LogP contribution >= 0.6 is 0 Å². The molecule has 2 aromatic rings. The predicted octanol–water partition coefficient (Wildman–Crippen LogP) is 2.00. The Morgan fingerprint density at radius 2 is 2.12 bits per heavy atom. The molecule has 7 heteroatoms. The zero-order valence-electron chi connectivity index (χ0n) is 15.0. The molecule has 0 aliphatic carbocycles. The first-order valence-corrected chi connectivity index (χ1v) is 8.90. The van der Waals surface area contributed by atoms with Gasteiger partial charge >= 0.3 is 0 Å². The van der Waals surface area contributed by atoms with E-state index in [0.717, 1.165) is 24.8 Å². The average Bonchev–Trinajstić information content (AvgIpc) is 3.20. The van der Waals surface area contributed by atoms with E-state index in [1.807, 2.05) is 24.1 Å². The lowest BCUT2D eigenvalue weighted by molar-refractivity contribution is -0.131. The molecule has 2 aliphatic rings. The van der Waals surface area contributed by atoms with Crippen molar-refractivity contribution >= 4 is 11.8 Å². The van der Waals surface area contributed by atoms with Crippen molar-refractivity contribution in [3.8, 4) is 0 Å². The Labute approximate surface area is 152 Å². The average molecular weight is 354 g/mol. The molecule has 0 N–H and O–H groups in total. The van der Waals surface area contributed by atoms with Crippen molar-refractivity contribution in [2.75, 3.05) is 20.1 Å². The fourth-order valence-electron chi connectivity index (χ4n) is 4.21. The summed E-state index contributed by atoms with van der Waals surface area (Å²) < 4.78 is 5.01. The third-order valence-electron chi connectivity index (χ3n) is 5.84. The fourth-order valence-corrected chi connectivity index (χ4v) is 4.21. The van der Waals surface area contributed by atoms with Crippen LogP contribution in [0.5, 0.6) is 0 Å². The van der Waals surface area contributed by atoms with Gasteiger partial charge in [-0.05, 0) is 37.8 Å². The molecule has 7 nitrogen and oxygen atoms in total. The van der Waals surface area contributed by atoms with Gasteiger partial charge in [-0.1, -0.05) is 11.2 Å². The Hall–Kier alpha value is -2.70. The van der Waals surface area contributed by atoms with Crippen LogP contribution in [0.3, 0.4) is 0 Å². The molecule has 2 saturated heterocycles. The highest BCUT2D eigenvalue weighted by Crippen LogP contribution is 2.44. The first kappa shape index (κ1) is 16.8. The van der Waals surface area contributed by atoms with E-state index < -0.39 is 0 Å². The molecule has 0 aromatic carbocycles. The second-order valence-electron chi connectivity index (χ2n) is 7.28.